The molecule has 5 aliphatic rings. The largest absolute Gasteiger partial charge is 0.403 e. The Hall–Kier alpha value is -2.99. The first-order valence-electron chi connectivity index (χ1n) is 13.2. The van der Waals surface area contributed by atoms with Gasteiger partial charge < -0.3 is 30.3 Å². The van der Waals surface area contributed by atoms with E-state index in [1.165, 1.54) is 17.6 Å². The van der Waals surface area contributed by atoms with Crippen molar-refractivity contribution in [3.63, 3.8) is 0 Å². The topological polar surface area (TPSA) is 259 Å². The van der Waals surface area contributed by atoms with Crippen LogP contribution in [0.3, 0.4) is 0 Å². The van der Waals surface area contributed by atoms with Crippen LogP contribution in [0.25, 0.3) is 11.2 Å². The number of carbonyl (C=O) groups is 1. The Morgan fingerprint density at radius 2 is 1.84 bits per heavy atom. The standard InChI is InChI=1S/C20H26F2N11O9PS/c21-9-13-8(40-19(9)32-5-28-11-15(23)24-3-25-16(11)32)2-31-44(37,38)42-14-7(1-30-43(35,36)41-13)39-20(10(14)22)33-6-29-12-17(33)26-4-27-18(12)34/h3,5-10,12-14,17,19-20,26,31H,1-2,4H2,(H,27,34)(H2,23,24,25)(H2,30,35,36)/t7-,8-,9-,10-,12?,13-,14-,17?,19-,20-/m1/s1. The van der Waals surface area contributed by atoms with Gasteiger partial charge in [-0.1, -0.05) is 0 Å². The van der Waals surface area contributed by atoms with E-state index in [1.807, 2.05) is 0 Å². The summed E-state index contributed by atoms with van der Waals surface area (Å²) >= 11 is 0. The Kier molecular flexibility index (Phi) is 7.31. The molecule has 4 saturated heterocycles. The Morgan fingerprint density at radius 1 is 1.09 bits per heavy atom. The van der Waals surface area contributed by atoms with Crippen molar-refractivity contribution in [2.24, 2.45) is 4.99 Å². The molecule has 0 bridgehead atoms. The Labute approximate surface area is 246 Å². The van der Waals surface area contributed by atoms with Gasteiger partial charge in [0.05, 0.1) is 19.3 Å². The fraction of sp³-hybridized carbons (Fsp3) is 0.650. The zero-order valence-electron chi connectivity index (χ0n) is 22.2. The lowest BCUT2D eigenvalue weighted by Gasteiger charge is -2.35. The summed E-state index contributed by atoms with van der Waals surface area (Å²) in [4.78, 5) is 40.0. The van der Waals surface area contributed by atoms with Crippen LogP contribution in [0.1, 0.15) is 6.23 Å². The van der Waals surface area contributed by atoms with E-state index in [-0.39, 0.29) is 23.7 Å². The summed E-state index contributed by atoms with van der Waals surface area (Å²) < 4.78 is 95.9. The highest BCUT2D eigenvalue weighted by Crippen LogP contribution is 2.46. The second kappa shape index (κ2) is 10.8. The third kappa shape index (κ3) is 5.11. The minimum Gasteiger partial charge on any atom is -0.382 e. The van der Waals surface area contributed by atoms with Gasteiger partial charge in [-0.3, -0.25) is 24.2 Å². The number of imidazole rings is 1. The van der Waals surface area contributed by atoms with Crippen LogP contribution < -0.4 is 26.2 Å². The zero-order valence-corrected chi connectivity index (χ0v) is 23.9. The second-order valence-corrected chi connectivity index (χ2v) is 13.4. The van der Waals surface area contributed by atoms with Crippen molar-refractivity contribution >= 4 is 47.3 Å². The van der Waals surface area contributed by atoms with Crippen LogP contribution in [0.15, 0.2) is 17.6 Å². The van der Waals surface area contributed by atoms with Crippen molar-refractivity contribution in [2.45, 2.75) is 61.4 Å². The van der Waals surface area contributed by atoms with Gasteiger partial charge in [0, 0.05) is 13.1 Å². The number of amides is 1. The Morgan fingerprint density at radius 3 is 2.66 bits per heavy atom. The van der Waals surface area contributed by atoms with Crippen LogP contribution in [0.2, 0.25) is 0 Å². The van der Waals surface area contributed by atoms with E-state index in [9.17, 15) is 22.7 Å². The molecule has 240 valence electrons. The Bertz CT molecular complexity index is 1650. The van der Waals surface area contributed by atoms with E-state index < -0.39 is 98.5 Å². The first kappa shape index (κ1) is 29.7. The number of halogens is 2. The molecule has 2 aromatic heterocycles. The number of nitrogens with two attached hydrogens (primary N) is 1. The van der Waals surface area contributed by atoms with E-state index in [0.29, 0.717) is 0 Å². The summed E-state index contributed by atoms with van der Waals surface area (Å²) in [5.41, 5.74) is 6.03. The highest BCUT2D eigenvalue weighted by molar-refractivity contribution is 7.84. The van der Waals surface area contributed by atoms with Crippen LogP contribution in [0.4, 0.5) is 14.6 Å². The zero-order chi connectivity index (χ0) is 31.0. The van der Waals surface area contributed by atoms with Crippen LogP contribution in [0, 0.1) is 0 Å². The summed E-state index contributed by atoms with van der Waals surface area (Å²) in [5.74, 6) is -0.396. The number of fused-ring (bicyclic) bond motifs is 4. The summed E-state index contributed by atoms with van der Waals surface area (Å²) in [6.07, 6.45) is -11.2. The van der Waals surface area contributed by atoms with Crippen molar-refractivity contribution in [3.8, 4) is 0 Å². The first-order valence-corrected chi connectivity index (χ1v) is 16.2. The molecule has 7 rings (SSSR count). The SMILES string of the molecule is Nc1ncnc2c1ncn2[C@@H]1O[C@@H]2CNS(=O)(=O)O[C@H]3[C@@H](F)[C@H](N4C=NC5C(=O)NCNC54)O[C@@H]3CNP(=O)(O)O[C@H]2[C@H]1F. The summed E-state index contributed by atoms with van der Waals surface area (Å²) in [7, 11) is -9.61. The summed E-state index contributed by atoms with van der Waals surface area (Å²) in [6, 6.07) is -0.913. The van der Waals surface area contributed by atoms with Gasteiger partial charge in [-0.15, -0.1) is 0 Å². The molecule has 7 heterocycles. The number of aliphatic imine (C=N–C) groups is 1. The second-order valence-electron chi connectivity index (χ2n) is 10.4. The van der Waals surface area contributed by atoms with Crippen molar-refractivity contribution in [1.29, 1.82) is 0 Å². The van der Waals surface area contributed by atoms with Crippen LogP contribution >= 0.6 is 7.75 Å². The van der Waals surface area contributed by atoms with E-state index >= 15 is 8.78 Å². The number of alkyl halides is 2. The highest BCUT2D eigenvalue weighted by Gasteiger charge is 2.56. The number of nitrogens with zero attached hydrogens (tertiary/aromatic N) is 6. The molecule has 0 aromatic carbocycles. The van der Waals surface area contributed by atoms with Crippen molar-refractivity contribution < 1.29 is 49.6 Å². The lowest BCUT2D eigenvalue weighted by Crippen LogP contribution is -2.63. The molecular weight excluding hydrogens is 639 g/mol. The van der Waals surface area contributed by atoms with Crippen molar-refractivity contribution in [1.82, 2.24) is 44.9 Å². The third-order valence-corrected chi connectivity index (χ3v) is 9.88. The minimum atomic E-state index is -4.86. The predicted molar refractivity (Wildman–Crippen MR) is 141 cm³/mol. The molecule has 3 unspecified atom stereocenters. The Balaban J connectivity index is 1.13. The fourth-order valence-electron chi connectivity index (χ4n) is 5.71. The van der Waals surface area contributed by atoms with E-state index in [2.05, 4.69) is 40.4 Å². The van der Waals surface area contributed by atoms with Crippen molar-refractivity contribution in [3.05, 3.63) is 12.7 Å². The van der Waals surface area contributed by atoms with Gasteiger partial charge in [0.15, 0.2) is 42.3 Å². The van der Waals surface area contributed by atoms with Crippen LogP contribution in [0.5, 0.6) is 0 Å². The molecule has 44 heavy (non-hydrogen) atoms. The molecule has 0 aliphatic carbocycles. The van der Waals surface area contributed by atoms with Crippen LogP contribution in [-0.4, -0.2) is 125 Å². The highest BCUT2D eigenvalue weighted by atomic mass is 32.2. The number of carbonyl (C=O) groups excluding carboxylic acids is 1. The lowest BCUT2D eigenvalue weighted by atomic mass is 10.1. The van der Waals surface area contributed by atoms with Gasteiger partial charge >= 0.3 is 18.1 Å². The number of ether oxygens (including phenoxy) is 2. The average molecular weight is 666 g/mol. The molecule has 7 N–H and O–H groups in total. The third-order valence-electron chi connectivity index (χ3n) is 7.77. The minimum absolute atomic E-state index is 0.0115. The molecule has 0 radical (unpaired) electrons. The van der Waals surface area contributed by atoms with Crippen molar-refractivity contribution in [2.75, 3.05) is 25.5 Å². The van der Waals surface area contributed by atoms with E-state index in [4.69, 9.17) is 23.9 Å². The molecular formula is C20H26F2N11O9PS. The molecule has 5 aliphatic heterocycles. The number of aromatic nitrogens is 4. The van der Waals surface area contributed by atoms with Gasteiger partial charge in [-0.2, -0.15) is 13.1 Å². The molecule has 0 saturated carbocycles. The van der Waals surface area contributed by atoms with Crippen LogP contribution in [-0.2, 0) is 37.8 Å². The van der Waals surface area contributed by atoms with Gasteiger partial charge in [0.1, 0.15) is 42.4 Å². The number of hydrogen-bond donors (Lipinski definition) is 6. The van der Waals surface area contributed by atoms with E-state index in [1.54, 1.807) is 0 Å². The molecule has 4 fully saturated rings. The maximum Gasteiger partial charge on any atom is 0.403 e. The molecule has 1 amide bonds. The number of nitrogen functional groups attached to an aromatic ring is 1. The number of anilines is 1. The summed E-state index contributed by atoms with van der Waals surface area (Å²) in [5, 5.41) is 7.68. The molecule has 11 atom stereocenters. The molecule has 24 heteroatoms. The fourth-order valence-corrected chi connectivity index (χ4v) is 7.74. The normalized spacial score (nSPS) is 42.2. The first-order chi connectivity index (χ1) is 20.9. The quantitative estimate of drug-likeness (QED) is 0.172. The van der Waals surface area contributed by atoms with Gasteiger partial charge in [-0.25, -0.2) is 37.6 Å². The number of hydrogen-bond acceptors (Lipinski definition) is 15. The molecule has 2 aromatic rings. The maximum absolute atomic E-state index is 15.9. The lowest BCUT2D eigenvalue weighted by molar-refractivity contribution is -0.127. The number of rotatable bonds is 2. The molecule has 20 nitrogen and oxygen atoms in total. The van der Waals surface area contributed by atoms with Gasteiger partial charge in [0.25, 0.3) is 0 Å². The van der Waals surface area contributed by atoms with Gasteiger partial charge in [-0.05, 0) is 0 Å². The predicted octanol–water partition coefficient (Wildman–Crippen LogP) is -3.27. The summed E-state index contributed by atoms with van der Waals surface area (Å²) in [6.45, 7) is -1.29. The monoisotopic (exact) mass is 665 g/mol. The smallest absolute Gasteiger partial charge is 0.382 e. The van der Waals surface area contributed by atoms with E-state index in [0.717, 1.165) is 10.9 Å². The van der Waals surface area contributed by atoms with Gasteiger partial charge in [0.2, 0.25) is 5.91 Å². The number of nitrogens with one attached hydrogen (secondary N) is 4. The average Bonchev–Trinajstić information content (AvgIpc) is 3.73. The molecule has 0 spiro atoms. The maximum atomic E-state index is 15.9.